The number of aryl methyl sites for hydroxylation is 1. The standard InChI is InChI=1S/C19H18F7N7O4/c1-4-32-10(6-34)31-33(17(32)36)13-9(20)5-8(15(28-13)37-18(3,23)16(21)22)14(35)27-11-7(2)29-30-12(11)19(24,25)26/h5,16,34H,4,6H2,1-3H3,(H,27,35)(H,29,30). The summed E-state index contributed by atoms with van der Waals surface area (Å²) in [4.78, 5) is 28.8. The minimum Gasteiger partial charge on any atom is -0.434 e. The van der Waals surface area contributed by atoms with Crippen molar-refractivity contribution in [3.63, 3.8) is 0 Å². The fraction of sp³-hybridized carbons (Fsp3) is 0.421. The highest BCUT2D eigenvalue weighted by Crippen LogP contribution is 2.36. The molecular formula is C19H18F7N7O4. The van der Waals surface area contributed by atoms with Crippen LogP contribution in [-0.2, 0) is 19.3 Å². The smallest absolute Gasteiger partial charge is 0.434 e. The highest BCUT2D eigenvalue weighted by atomic mass is 19.4. The fourth-order valence-corrected chi connectivity index (χ4v) is 3.06. The quantitative estimate of drug-likeness (QED) is 0.373. The second kappa shape index (κ2) is 9.83. The Morgan fingerprint density at radius 2 is 1.95 bits per heavy atom. The van der Waals surface area contributed by atoms with E-state index in [1.54, 1.807) is 5.32 Å². The van der Waals surface area contributed by atoms with E-state index in [-0.39, 0.29) is 31.1 Å². The molecule has 0 aliphatic rings. The number of nitrogens with zero attached hydrogens (tertiary/aromatic N) is 5. The van der Waals surface area contributed by atoms with Crippen LogP contribution < -0.4 is 15.7 Å². The molecule has 11 nitrogen and oxygen atoms in total. The Morgan fingerprint density at radius 3 is 2.46 bits per heavy atom. The average molecular weight is 541 g/mol. The van der Waals surface area contributed by atoms with E-state index in [1.165, 1.54) is 6.92 Å². The molecule has 0 aliphatic heterocycles. The van der Waals surface area contributed by atoms with E-state index < -0.39 is 71.1 Å². The average Bonchev–Trinajstić information content (AvgIpc) is 3.33. The number of ether oxygens (including phenoxy) is 1. The van der Waals surface area contributed by atoms with Gasteiger partial charge < -0.3 is 15.2 Å². The number of anilines is 1. The fourth-order valence-electron chi connectivity index (χ4n) is 3.06. The maximum Gasteiger partial charge on any atom is 0.437 e. The van der Waals surface area contributed by atoms with Crippen molar-refractivity contribution in [3.8, 4) is 11.7 Å². The number of aliphatic hydroxyl groups excluding tert-OH is 1. The molecule has 0 fully saturated rings. The topological polar surface area (TPSA) is 140 Å². The molecule has 202 valence electrons. The third kappa shape index (κ3) is 5.27. The van der Waals surface area contributed by atoms with Crippen LogP contribution in [-0.4, -0.2) is 52.8 Å². The Kier molecular flexibility index (Phi) is 7.34. The van der Waals surface area contributed by atoms with Crippen molar-refractivity contribution in [2.75, 3.05) is 5.32 Å². The molecule has 0 spiro atoms. The van der Waals surface area contributed by atoms with Gasteiger partial charge in [0, 0.05) is 13.5 Å². The number of halogens is 7. The van der Waals surface area contributed by atoms with Gasteiger partial charge in [0.15, 0.2) is 23.2 Å². The van der Waals surface area contributed by atoms with E-state index in [4.69, 9.17) is 0 Å². The number of nitrogens with one attached hydrogen (secondary N) is 2. The molecule has 0 saturated carbocycles. The molecule has 0 radical (unpaired) electrons. The Hall–Kier alpha value is -3.96. The number of aliphatic hydroxyl groups is 1. The minimum atomic E-state index is -5.03. The first-order chi connectivity index (χ1) is 17.1. The number of hydrogen-bond donors (Lipinski definition) is 3. The molecule has 3 heterocycles. The van der Waals surface area contributed by atoms with Gasteiger partial charge in [-0.25, -0.2) is 18.0 Å². The molecular weight excluding hydrogens is 523 g/mol. The number of pyridine rings is 1. The summed E-state index contributed by atoms with van der Waals surface area (Å²) in [5.74, 6) is -9.41. The molecule has 3 aromatic heterocycles. The number of amides is 1. The van der Waals surface area contributed by atoms with E-state index in [9.17, 15) is 41.0 Å². The first-order valence-electron chi connectivity index (χ1n) is 10.2. The predicted octanol–water partition coefficient (Wildman–Crippen LogP) is 2.71. The van der Waals surface area contributed by atoms with Crippen LogP contribution in [0.25, 0.3) is 5.82 Å². The lowest BCUT2D eigenvalue weighted by Gasteiger charge is -2.22. The zero-order chi connectivity index (χ0) is 27.9. The Bertz CT molecular complexity index is 1380. The summed E-state index contributed by atoms with van der Waals surface area (Å²) in [6, 6.07) is 0.285. The van der Waals surface area contributed by atoms with Gasteiger partial charge >= 0.3 is 24.1 Å². The first kappa shape index (κ1) is 27.6. The zero-order valence-corrected chi connectivity index (χ0v) is 19.1. The van der Waals surface area contributed by atoms with Gasteiger partial charge in [0.25, 0.3) is 5.91 Å². The van der Waals surface area contributed by atoms with Crippen molar-refractivity contribution < 1.29 is 45.4 Å². The van der Waals surface area contributed by atoms with Gasteiger partial charge in [-0.1, -0.05) is 0 Å². The lowest BCUT2D eigenvalue weighted by molar-refractivity contribution is -0.154. The van der Waals surface area contributed by atoms with Gasteiger partial charge in [-0.2, -0.15) is 32.3 Å². The monoisotopic (exact) mass is 541 g/mol. The van der Waals surface area contributed by atoms with E-state index in [2.05, 4.69) is 19.9 Å². The van der Waals surface area contributed by atoms with Gasteiger partial charge in [-0.05, 0) is 19.9 Å². The minimum absolute atomic E-state index is 0.0281. The van der Waals surface area contributed by atoms with E-state index in [0.29, 0.717) is 4.68 Å². The molecule has 1 amide bonds. The molecule has 37 heavy (non-hydrogen) atoms. The maximum absolute atomic E-state index is 15.0. The van der Waals surface area contributed by atoms with Crippen molar-refractivity contribution in [1.82, 2.24) is 29.5 Å². The third-order valence-corrected chi connectivity index (χ3v) is 4.90. The van der Waals surface area contributed by atoms with Gasteiger partial charge in [0.1, 0.15) is 12.2 Å². The van der Waals surface area contributed by atoms with Crippen molar-refractivity contribution >= 4 is 11.6 Å². The molecule has 1 unspecified atom stereocenters. The maximum atomic E-state index is 15.0. The lowest BCUT2D eigenvalue weighted by Crippen LogP contribution is -2.36. The molecule has 1 atom stereocenters. The summed E-state index contributed by atoms with van der Waals surface area (Å²) in [6.45, 7) is 2.07. The molecule has 3 N–H and O–H groups in total. The zero-order valence-electron chi connectivity index (χ0n) is 19.1. The molecule has 0 aliphatic carbocycles. The van der Waals surface area contributed by atoms with Crippen LogP contribution in [0, 0.1) is 12.7 Å². The number of H-pyrrole nitrogens is 1. The van der Waals surface area contributed by atoms with Gasteiger partial charge in [0.05, 0.1) is 11.4 Å². The van der Waals surface area contributed by atoms with Gasteiger partial charge in [0.2, 0.25) is 5.88 Å². The number of aromatic nitrogens is 6. The lowest BCUT2D eigenvalue weighted by atomic mass is 10.2. The highest BCUT2D eigenvalue weighted by Gasteiger charge is 2.41. The summed E-state index contributed by atoms with van der Waals surface area (Å²) in [5.41, 5.74) is -4.84. The summed E-state index contributed by atoms with van der Waals surface area (Å²) < 4.78 is 101. The van der Waals surface area contributed by atoms with E-state index in [0.717, 1.165) is 11.5 Å². The number of rotatable bonds is 8. The third-order valence-electron chi connectivity index (χ3n) is 4.90. The van der Waals surface area contributed by atoms with Crippen LogP contribution in [0.4, 0.5) is 36.4 Å². The first-order valence-corrected chi connectivity index (χ1v) is 10.2. The molecule has 0 bridgehead atoms. The van der Waals surface area contributed by atoms with Crippen molar-refractivity contribution in [1.29, 1.82) is 0 Å². The number of alkyl halides is 6. The highest BCUT2D eigenvalue weighted by molar-refractivity contribution is 6.06. The largest absolute Gasteiger partial charge is 0.437 e. The van der Waals surface area contributed by atoms with Crippen LogP contribution >= 0.6 is 0 Å². The Labute approximate surface area is 201 Å². The second-order valence-electron chi connectivity index (χ2n) is 7.57. The number of hydrogen-bond acceptors (Lipinski definition) is 7. The van der Waals surface area contributed by atoms with E-state index in [1.807, 2.05) is 5.10 Å². The molecule has 0 aromatic carbocycles. The van der Waals surface area contributed by atoms with Crippen molar-refractivity contribution in [2.24, 2.45) is 0 Å². The Morgan fingerprint density at radius 1 is 1.30 bits per heavy atom. The van der Waals surface area contributed by atoms with E-state index >= 15 is 4.39 Å². The van der Waals surface area contributed by atoms with Crippen molar-refractivity contribution in [2.45, 2.75) is 52.4 Å². The Balaban J connectivity index is 2.18. The van der Waals surface area contributed by atoms with Gasteiger partial charge in [-0.15, -0.1) is 5.10 Å². The number of carbonyl (C=O) groups excluding carboxylic acids is 1. The van der Waals surface area contributed by atoms with Crippen LogP contribution in [0.1, 0.15) is 41.4 Å². The van der Waals surface area contributed by atoms with Crippen LogP contribution in [0.3, 0.4) is 0 Å². The van der Waals surface area contributed by atoms with Crippen LogP contribution in [0.5, 0.6) is 5.88 Å². The van der Waals surface area contributed by atoms with Crippen LogP contribution in [0.2, 0.25) is 0 Å². The second-order valence-corrected chi connectivity index (χ2v) is 7.57. The number of carbonyl (C=O) groups is 1. The van der Waals surface area contributed by atoms with Crippen LogP contribution in [0.15, 0.2) is 10.9 Å². The van der Waals surface area contributed by atoms with Gasteiger partial charge in [-0.3, -0.25) is 14.5 Å². The predicted molar refractivity (Wildman–Crippen MR) is 110 cm³/mol. The summed E-state index contributed by atoms with van der Waals surface area (Å²) in [7, 11) is 0. The normalized spacial score (nSPS) is 13.6. The molecule has 0 saturated heterocycles. The van der Waals surface area contributed by atoms with Crippen molar-refractivity contribution in [3.05, 3.63) is 45.1 Å². The SMILES string of the molecule is CCn1c(CO)nn(-c2nc(OC(C)(F)C(F)F)c(C(=O)Nc3c(C(F)(F)F)n[nH]c3C)cc2F)c1=O. The molecule has 18 heteroatoms. The molecule has 3 rings (SSSR count). The summed E-state index contributed by atoms with van der Waals surface area (Å²) in [6.07, 6.45) is -8.84. The summed E-state index contributed by atoms with van der Waals surface area (Å²) >= 11 is 0. The summed E-state index contributed by atoms with van der Waals surface area (Å²) in [5, 5.41) is 19.9. The number of aromatic amines is 1. The molecule has 3 aromatic rings.